The van der Waals surface area contributed by atoms with E-state index in [1.54, 1.807) is 150 Å². The zero-order valence-corrected chi connectivity index (χ0v) is 66.8. The van der Waals surface area contributed by atoms with Crippen LogP contribution in [0.3, 0.4) is 0 Å². The molecule has 8 aromatic carbocycles. The Kier molecular flexibility index (Phi) is 15.2. The predicted octanol–water partition coefficient (Wildman–Crippen LogP) is 26.0. The van der Waals surface area contributed by atoms with Crippen LogP contribution in [0.1, 0.15) is 201 Å². The van der Waals surface area contributed by atoms with Gasteiger partial charge in [0, 0.05) is 139 Å². The van der Waals surface area contributed by atoms with Gasteiger partial charge in [-0.1, -0.05) is 146 Å². The molecule has 16 aromatic rings. The zero-order valence-electron chi connectivity index (χ0n) is 86.8. The molecular weight excluding hydrogens is 1380 g/mol. The van der Waals surface area contributed by atoms with Gasteiger partial charge in [-0.2, -0.15) is 23.5 Å². The van der Waals surface area contributed by atoms with Crippen LogP contribution in [-0.4, -0.2) is 0 Å². The lowest BCUT2D eigenvalue weighted by molar-refractivity contribution is -0.667. The number of rotatable bonds is 8. The largest absolute Gasteiger partial charge is 0.466 e. The van der Waals surface area contributed by atoms with Crippen molar-refractivity contribution in [1.82, 2.24) is 0 Å². The molecule has 0 N–H and O–H groups in total. The lowest BCUT2D eigenvalue weighted by Gasteiger charge is -2.15. The Labute approximate surface area is 686 Å². The number of aryl methyl sites for hydroxylation is 4. The topological polar surface area (TPSA) is 105 Å². The van der Waals surface area contributed by atoms with Gasteiger partial charge >= 0.3 is 0 Å². The number of hydrogen-bond donors (Lipinski definition) is 0. The molecular formula is C100H100N8O4+4. The molecule has 0 bridgehead atoms. The van der Waals surface area contributed by atoms with Crippen molar-refractivity contribution in [3.8, 4) is 51.1 Å². The van der Waals surface area contributed by atoms with Gasteiger partial charge in [0.05, 0.1) is 59.1 Å². The molecule has 4 atom stereocenters. The van der Waals surface area contributed by atoms with Crippen molar-refractivity contribution < 1.29 is 63.4 Å². The Hall–Kier alpha value is -12.5. The Morgan fingerprint density at radius 3 is 1.13 bits per heavy atom. The quantitative estimate of drug-likeness (QED) is 0.111. The van der Waals surface area contributed by atoms with E-state index >= 15 is 0 Å². The van der Waals surface area contributed by atoms with E-state index in [9.17, 15) is 5.26 Å². The van der Waals surface area contributed by atoms with Crippen LogP contribution < -0.4 is 18.3 Å². The number of fused-ring (bicyclic) bond motifs is 12. The molecule has 0 saturated carbocycles. The average molecular weight is 1500 g/mol. The third kappa shape index (κ3) is 13.3. The maximum atomic E-state index is 9.60. The highest BCUT2D eigenvalue weighted by Gasteiger charge is 2.32. The molecule has 0 spiro atoms. The lowest BCUT2D eigenvalue weighted by atomic mass is 9.93. The molecule has 8 aromatic heterocycles. The van der Waals surface area contributed by atoms with Crippen molar-refractivity contribution in [3.63, 3.8) is 0 Å². The predicted molar refractivity (Wildman–Crippen MR) is 458 cm³/mol. The summed E-state index contributed by atoms with van der Waals surface area (Å²) in [6.45, 7) is 39.2. The van der Waals surface area contributed by atoms with Crippen LogP contribution in [0.15, 0.2) is 163 Å². The second-order valence-corrected chi connectivity index (χ2v) is 29.1. The van der Waals surface area contributed by atoms with E-state index in [0.29, 0.717) is 157 Å². The monoisotopic (exact) mass is 1500 g/mol. The maximum Gasteiger partial charge on any atom is 0.229 e. The van der Waals surface area contributed by atoms with E-state index in [-0.39, 0.29) is 24.2 Å². The van der Waals surface area contributed by atoms with E-state index in [1.807, 2.05) is 100 Å². The number of hydrogen-bond acceptors (Lipinski definition) is 5. The number of nitriles is 1. The van der Waals surface area contributed by atoms with E-state index in [1.165, 1.54) is 27.7 Å². The normalized spacial score (nSPS) is 16.6. The minimum Gasteiger partial charge on any atom is -0.466 e. The summed E-state index contributed by atoms with van der Waals surface area (Å²) in [5, 5.41) is 16.3. The summed E-state index contributed by atoms with van der Waals surface area (Å²) in [5.41, 5.74) is 21.3. The fourth-order valence-electron chi connectivity index (χ4n) is 16.1. The Bertz CT molecular complexity index is 7430. The van der Waals surface area contributed by atoms with Crippen molar-refractivity contribution in [2.24, 2.45) is 28.2 Å². The van der Waals surface area contributed by atoms with Crippen LogP contribution >= 0.6 is 0 Å². The second kappa shape index (κ2) is 30.4. The van der Waals surface area contributed by atoms with Crippen molar-refractivity contribution in [3.05, 3.63) is 275 Å². The first-order chi connectivity index (χ1) is 61.3. The highest BCUT2D eigenvalue weighted by Crippen LogP contribution is 2.45. The van der Waals surface area contributed by atoms with Gasteiger partial charge in [0.25, 0.3) is 0 Å². The zero-order chi connectivity index (χ0) is 97.8. The third-order valence-corrected chi connectivity index (χ3v) is 21.9. The Morgan fingerprint density at radius 2 is 0.714 bits per heavy atom. The summed E-state index contributed by atoms with van der Waals surface area (Å²) in [6.07, 6.45) is 0. The van der Waals surface area contributed by atoms with Gasteiger partial charge in [0.15, 0.2) is 34.2 Å². The van der Waals surface area contributed by atoms with Gasteiger partial charge in [0.1, 0.15) is 72.9 Å². The molecule has 0 aliphatic carbocycles. The van der Waals surface area contributed by atoms with Gasteiger partial charge in [-0.3, -0.25) is 0 Å². The van der Waals surface area contributed by atoms with Crippen molar-refractivity contribution in [2.45, 2.75) is 162 Å². The number of aromatic nitrogens is 4. The molecule has 0 saturated heterocycles. The number of pyridine rings is 4. The van der Waals surface area contributed by atoms with Gasteiger partial charge in [0.2, 0.25) is 28.5 Å². The summed E-state index contributed by atoms with van der Waals surface area (Å²) in [6, 6.07) is 40.0. The first-order valence-corrected chi connectivity index (χ1v) is 36.6. The number of nitrogens with zero attached hydrogens (tertiary/aromatic N) is 8. The van der Waals surface area contributed by atoms with Crippen LogP contribution in [0.25, 0.3) is 147 Å². The van der Waals surface area contributed by atoms with Crippen molar-refractivity contribution in [1.29, 1.82) is 5.26 Å². The van der Waals surface area contributed by atoms with E-state index < -0.39 is 51.0 Å². The van der Waals surface area contributed by atoms with Crippen molar-refractivity contribution >= 4 is 105 Å². The highest BCUT2D eigenvalue weighted by molar-refractivity contribution is 6.15. The Morgan fingerprint density at radius 1 is 0.366 bits per heavy atom. The molecule has 12 nitrogen and oxygen atoms in total. The minimum atomic E-state index is -2.55. The summed E-state index contributed by atoms with van der Waals surface area (Å²) < 4.78 is 198. The second-order valence-electron chi connectivity index (χ2n) is 29.1. The minimum absolute atomic E-state index is 0.150. The van der Waals surface area contributed by atoms with Crippen LogP contribution in [0.2, 0.25) is 0 Å². The summed E-state index contributed by atoms with van der Waals surface area (Å²) in [5.74, 6) is -7.44. The van der Waals surface area contributed by atoms with Gasteiger partial charge in [-0.25, -0.2) is 14.5 Å². The van der Waals surface area contributed by atoms with Gasteiger partial charge in [-0.05, 0) is 154 Å². The maximum absolute atomic E-state index is 9.60. The lowest BCUT2D eigenvalue weighted by Crippen LogP contribution is -2.37. The molecule has 0 aliphatic heterocycles. The summed E-state index contributed by atoms with van der Waals surface area (Å²) in [4.78, 5) is 10.6. The smallest absolute Gasteiger partial charge is 0.229 e. The molecule has 0 fully saturated rings. The first-order valence-electron chi connectivity index (χ1n) is 46.6. The average Bonchev–Trinajstić information content (AvgIpc) is 1.37. The summed E-state index contributed by atoms with van der Waals surface area (Å²) >= 11 is 0. The van der Waals surface area contributed by atoms with E-state index in [0.717, 1.165) is 87.6 Å². The number of para-hydroxylation sites is 1. The molecule has 16 rings (SSSR count). The highest BCUT2D eigenvalue weighted by atomic mass is 16.3. The summed E-state index contributed by atoms with van der Waals surface area (Å²) in [7, 11) is 7.15. The van der Waals surface area contributed by atoms with Crippen LogP contribution in [0, 0.1) is 114 Å². The van der Waals surface area contributed by atoms with E-state index in [2.05, 4.69) is 20.6 Å². The number of furan rings is 4. The third-order valence-electron chi connectivity index (χ3n) is 21.9. The van der Waals surface area contributed by atoms with Gasteiger partial charge in [-0.15, -0.1) is 0 Å². The van der Waals surface area contributed by atoms with E-state index in [4.69, 9.17) is 64.8 Å². The molecule has 560 valence electrons. The van der Waals surface area contributed by atoms with Gasteiger partial charge < -0.3 is 17.7 Å². The fraction of sp³-hybridized carbons (Fsp3) is 0.280. The molecule has 0 radical (unpaired) electrons. The first kappa shape index (κ1) is 55.8. The van der Waals surface area contributed by atoms with Crippen molar-refractivity contribution in [2.75, 3.05) is 0 Å². The SMILES string of the molecule is [2H]c1c(C)c(C([2H])(C)C([2H])([2H])[2H])c(C)[n+](C)c1-c1c(C)ccc2c1oc1c([N+]#[C-])cccc12.[2H]c1c(C)c(C([2H])(C)C([2H])([2H])[2H])c(C)[n+](C)c1-c1c(C)ccc2c1oc1cc([N+]#[C-])ccc12.[2H]c1c(C)c(C([2H])(C)C([2H])([2H])[2H])c(C)[n+](C)c1-c1c(C)ccc2c1oc1ccc([N+]#[C-])cc12.[2H]c1c(C)c(C([2H])(C)C([2H])([2H])[2H])c(C)[n+](C)c1-c1c(C)ccc2c1oc1cccc(C#N)c12. The van der Waals surface area contributed by atoms with Crippen LogP contribution in [-0.2, 0) is 28.2 Å². The molecule has 8 heterocycles. The molecule has 4 unspecified atom stereocenters. The standard InChI is InChI=1S/4C25H25N2O/c1-14(2)23-16(4)12-21(27(7)17(23)5)24-15(3)8-10-20-19-11-9-18(26-6)13-22(19)28-25(20)24;1-14(2)23-16(4)12-21(27(7)17(23)5)24-15(3)8-10-19-20-13-18(26-6)9-11-22(20)28-25(19)24;1-14(2)22-16(4)13-21(27(7)17(22)5)23-15(3)11-12-19-18-9-8-10-20(26-6)24(18)28-25(19)23;1-14(2)22-16(4)12-20(27(6)17(22)5)23-15(3)10-11-19-24-18(13-26)8-7-9-21(24)28-25(19)23/h3*8-14H,1-5,7H3;7-12,14H,1-6H3/q4*+1/i2*1D3,12D,14D;1D3,13D,14D;1D3,12D,14D. The molecule has 0 amide bonds. The Balaban J connectivity index is 0.000000150. The molecule has 0 aliphatic rings. The van der Waals surface area contributed by atoms with Crippen LogP contribution in [0.5, 0.6) is 0 Å². The molecule has 12 heteroatoms. The fourth-order valence-corrected chi connectivity index (χ4v) is 16.1. The molecule has 112 heavy (non-hydrogen) atoms. The van der Waals surface area contributed by atoms with Crippen LogP contribution in [0.4, 0.5) is 17.1 Å². The number of benzene rings is 8.